The van der Waals surface area contributed by atoms with Crippen LogP contribution in [0.15, 0.2) is 30.3 Å². The van der Waals surface area contributed by atoms with Crippen LogP contribution in [0.4, 0.5) is 0 Å². The smallest absolute Gasteiger partial charge is 0.160 e. The van der Waals surface area contributed by atoms with E-state index in [0.717, 1.165) is 11.1 Å². The Balaban J connectivity index is 2.50. The lowest BCUT2D eigenvalue weighted by Crippen LogP contribution is -1.95. The van der Waals surface area contributed by atoms with Crippen molar-refractivity contribution in [3.63, 3.8) is 0 Å². The van der Waals surface area contributed by atoms with Crippen molar-refractivity contribution in [2.45, 2.75) is 6.92 Å². The van der Waals surface area contributed by atoms with Crippen LogP contribution in [-0.4, -0.2) is 5.78 Å². The van der Waals surface area contributed by atoms with E-state index < -0.39 is 0 Å². The van der Waals surface area contributed by atoms with Crippen molar-refractivity contribution in [1.82, 2.24) is 0 Å². The van der Waals surface area contributed by atoms with Crippen molar-refractivity contribution in [3.8, 4) is 0 Å². The number of ketones is 1. The molecule has 0 saturated heterocycles. The molecule has 0 amide bonds. The summed E-state index contributed by atoms with van der Waals surface area (Å²) >= 11 is 0. The number of hydrogen-bond acceptors (Lipinski definition) is 1. The highest BCUT2D eigenvalue weighted by Gasteiger charge is 2.14. The Hall–Kier alpha value is -1.89. The van der Waals surface area contributed by atoms with Crippen molar-refractivity contribution in [2.24, 2.45) is 0 Å². The van der Waals surface area contributed by atoms with Gasteiger partial charge in [-0.3, -0.25) is 4.79 Å². The summed E-state index contributed by atoms with van der Waals surface area (Å²) in [5, 5.41) is 2.42. The predicted octanol–water partition coefficient (Wildman–Crippen LogP) is 3.53. The van der Waals surface area contributed by atoms with Crippen LogP contribution in [0, 0.1) is 0 Å². The summed E-state index contributed by atoms with van der Waals surface area (Å²) < 4.78 is 0. The molecule has 2 aromatic rings. The Bertz CT molecular complexity index is 606. The first-order chi connectivity index (χ1) is 7.27. The minimum Gasteiger partial charge on any atom is -0.294 e. The monoisotopic (exact) mass is 194 g/mol. The van der Waals surface area contributed by atoms with E-state index in [0.29, 0.717) is 0 Å². The second kappa shape index (κ2) is 2.80. The van der Waals surface area contributed by atoms with Crippen LogP contribution in [0.5, 0.6) is 0 Å². The van der Waals surface area contributed by atoms with Gasteiger partial charge < -0.3 is 0 Å². The zero-order valence-corrected chi connectivity index (χ0v) is 8.45. The molecule has 1 aliphatic carbocycles. The van der Waals surface area contributed by atoms with E-state index in [1.54, 1.807) is 6.92 Å². The minimum absolute atomic E-state index is 0.133. The molecule has 0 spiro atoms. The maximum atomic E-state index is 11.5. The number of benzene rings is 2. The molecule has 15 heavy (non-hydrogen) atoms. The fourth-order valence-corrected chi connectivity index (χ4v) is 2.23. The molecule has 0 radical (unpaired) electrons. The van der Waals surface area contributed by atoms with E-state index in [1.807, 2.05) is 24.3 Å². The van der Waals surface area contributed by atoms with E-state index in [1.165, 1.54) is 16.3 Å². The predicted molar refractivity (Wildman–Crippen MR) is 62.9 cm³/mol. The van der Waals surface area contributed by atoms with Crippen molar-refractivity contribution in [3.05, 3.63) is 47.0 Å². The summed E-state index contributed by atoms with van der Waals surface area (Å²) in [4.78, 5) is 11.5. The van der Waals surface area contributed by atoms with Gasteiger partial charge in [0.1, 0.15) is 0 Å². The summed E-state index contributed by atoms with van der Waals surface area (Å²) in [5.41, 5.74) is 3.12. The molecule has 72 valence electrons. The van der Waals surface area contributed by atoms with Gasteiger partial charge in [-0.1, -0.05) is 42.5 Å². The summed E-state index contributed by atoms with van der Waals surface area (Å²) in [6, 6.07) is 10.1. The molecular formula is C14H10O. The highest BCUT2D eigenvalue weighted by Crippen LogP contribution is 2.33. The summed E-state index contributed by atoms with van der Waals surface area (Å²) in [5.74, 6) is 0.133. The topological polar surface area (TPSA) is 17.1 Å². The van der Waals surface area contributed by atoms with Gasteiger partial charge in [0.05, 0.1) is 0 Å². The quantitative estimate of drug-likeness (QED) is 0.541. The molecule has 0 aliphatic heterocycles. The molecule has 0 bridgehead atoms. The van der Waals surface area contributed by atoms with E-state index >= 15 is 0 Å². The van der Waals surface area contributed by atoms with Crippen molar-refractivity contribution in [2.75, 3.05) is 0 Å². The van der Waals surface area contributed by atoms with Gasteiger partial charge in [0, 0.05) is 5.56 Å². The highest BCUT2D eigenvalue weighted by atomic mass is 16.1. The largest absolute Gasteiger partial charge is 0.294 e. The molecule has 3 rings (SSSR count). The van der Waals surface area contributed by atoms with Gasteiger partial charge in [-0.05, 0) is 28.8 Å². The Labute approximate surface area is 88.0 Å². The third-order valence-corrected chi connectivity index (χ3v) is 2.93. The van der Waals surface area contributed by atoms with Crippen LogP contribution in [0.3, 0.4) is 0 Å². The number of hydrogen-bond donors (Lipinski definition) is 0. The lowest BCUT2D eigenvalue weighted by molar-refractivity contribution is 0.101. The van der Waals surface area contributed by atoms with Gasteiger partial charge in [-0.2, -0.15) is 0 Å². The van der Waals surface area contributed by atoms with Crippen LogP contribution in [0.25, 0.3) is 22.9 Å². The van der Waals surface area contributed by atoms with Crippen molar-refractivity contribution >= 4 is 28.7 Å². The molecule has 1 nitrogen and oxygen atoms in total. The molecule has 0 aromatic heterocycles. The molecule has 0 fully saturated rings. The van der Waals surface area contributed by atoms with Crippen molar-refractivity contribution in [1.29, 1.82) is 0 Å². The van der Waals surface area contributed by atoms with E-state index in [-0.39, 0.29) is 5.78 Å². The minimum atomic E-state index is 0.133. The zero-order chi connectivity index (χ0) is 10.4. The van der Waals surface area contributed by atoms with Gasteiger partial charge in [0.25, 0.3) is 0 Å². The fourth-order valence-electron chi connectivity index (χ4n) is 2.23. The normalized spacial score (nSPS) is 12.3. The van der Waals surface area contributed by atoms with Gasteiger partial charge in [0.2, 0.25) is 0 Å². The lowest BCUT2D eigenvalue weighted by atomic mass is 9.98. The summed E-state index contributed by atoms with van der Waals surface area (Å²) in [6.45, 7) is 1.62. The van der Waals surface area contributed by atoms with E-state index in [9.17, 15) is 4.79 Å². The summed E-state index contributed by atoms with van der Waals surface area (Å²) in [7, 11) is 0. The molecule has 1 heteroatoms. The van der Waals surface area contributed by atoms with Gasteiger partial charge >= 0.3 is 0 Å². The first-order valence-corrected chi connectivity index (χ1v) is 5.02. The number of rotatable bonds is 1. The Morgan fingerprint density at radius 3 is 2.73 bits per heavy atom. The highest BCUT2D eigenvalue weighted by molar-refractivity contribution is 6.12. The zero-order valence-electron chi connectivity index (χ0n) is 8.45. The Morgan fingerprint density at radius 1 is 1.07 bits per heavy atom. The number of carbonyl (C=O) groups excluding carboxylic acids is 1. The molecular weight excluding hydrogens is 184 g/mol. The van der Waals surface area contributed by atoms with Crippen LogP contribution < -0.4 is 0 Å². The Morgan fingerprint density at radius 2 is 1.93 bits per heavy atom. The molecule has 0 heterocycles. The van der Waals surface area contributed by atoms with Gasteiger partial charge in [-0.15, -0.1) is 0 Å². The van der Waals surface area contributed by atoms with E-state index in [4.69, 9.17) is 0 Å². The number of carbonyl (C=O) groups is 1. The van der Waals surface area contributed by atoms with Crippen LogP contribution >= 0.6 is 0 Å². The average molecular weight is 194 g/mol. The Kier molecular flexibility index (Phi) is 1.57. The third-order valence-electron chi connectivity index (χ3n) is 2.93. The molecule has 0 unspecified atom stereocenters. The summed E-state index contributed by atoms with van der Waals surface area (Å²) in [6.07, 6.45) is 4.11. The third kappa shape index (κ3) is 1.06. The van der Waals surface area contributed by atoms with Crippen LogP contribution in [0.1, 0.15) is 28.4 Å². The average Bonchev–Trinajstić information content (AvgIpc) is 2.65. The number of Topliss-reactive ketones (excluding diaryl/α,β-unsaturated/α-hetero) is 1. The molecule has 0 N–H and O–H groups in total. The second-order valence-corrected chi connectivity index (χ2v) is 3.86. The molecule has 0 saturated carbocycles. The first kappa shape index (κ1) is 8.42. The van der Waals surface area contributed by atoms with Crippen LogP contribution in [0.2, 0.25) is 0 Å². The SMILES string of the molecule is CC(=O)c1ccc2cccc3c2c1C=C3. The molecule has 0 atom stereocenters. The van der Waals surface area contributed by atoms with Crippen molar-refractivity contribution < 1.29 is 4.79 Å². The fraction of sp³-hybridized carbons (Fsp3) is 0.0714. The second-order valence-electron chi connectivity index (χ2n) is 3.86. The standard InChI is InChI=1S/C14H10O/c1-9(15)12-7-5-10-3-2-4-11-6-8-13(12)14(10)11/h2-8H,1H3. The van der Waals surface area contributed by atoms with E-state index in [2.05, 4.69) is 18.2 Å². The van der Waals surface area contributed by atoms with Gasteiger partial charge in [0.15, 0.2) is 5.78 Å². The van der Waals surface area contributed by atoms with Gasteiger partial charge in [-0.25, -0.2) is 0 Å². The first-order valence-electron chi connectivity index (χ1n) is 5.02. The molecule has 2 aromatic carbocycles. The van der Waals surface area contributed by atoms with Crippen LogP contribution in [-0.2, 0) is 0 Å². The molecule has 1 aliphatic rings. The maximum Gasteiger partial charge on any atom is 0.160 e. The lowest BCUT2D eigenvalue weighted by Gasteiger charge is -2.05. The maximum absolute atomic E-state index is 11.5.